The molecule has 0 bridgehead atoms. The van der Waals surface area contributed by atoms with Crippen molar-refractivity contribution in [1.29, 1.82) is 5.41 Å². The van der Waals surface area contributed by atoms with E-state index in [0.29, 0.717) is 17.9 Å². The molecule has 0 aliphatic rings. The topological polar surface area (TPSA) is 85.1 Å². The molecule has 13 heavy (non-hydrogen) atoms. The first-order valence-electron chi connectivity index (χ1n) is 3.90. The lowest BCUT2D eigenvalue weighted by atomic mass is 10.1. The number of hydrogen-bond acceptors (Lipinski definition) is 3. The van der Waals surface area contributed by atoms with Crippen LogP contribution in [0.25, 0.3) is 0 Å². The van der Waals surface area contributed by atoms with Gasteiger partial charge in [-0.1, -0.05) is 12.1 Å². The van der Waals surface area contributed by atoms with E-state index in [1.165, 1.54) is 0 Å². The molecule has 5 N–H and O–H groups in total. The number of ether oxygens (including phenoxy) is 1. The first kappa shape index (κ1) is 9.54. The van der Waals surface area contributed by atoms with E-state index in [9.17, 15) is 0 Å². The molecule has 4 heteroatoms. The van der Waals surface area contributed by atoms with Crippen LogP contribution in [0.1, 0.15) is 11.1 Å². The van der Waals surface area contributed by atoms with Gasteiger partial charge >= 0.3 is 0 Å². The van der Waals surface area contributed by atoms with Gasteiger partial charge in [0.2, 0.25) is 0 Å². The van der Waals surface area contributed by atoms with Gasteiger partial charge in [-0.3, -0.25) is 5.41 Å². The van der Waals surface area contributed by atoms with Crippen LogP contribution in [-0.4, -0.2) is 12.9 Å². The van der Waals surface area contributed by atoms with Crippen LogP contribution in [0.3, 0.4) is 0 Å². The minimum absolute atomic E-state index is 0.0295. The normalized spacial score (nSPS) is 9.69. The van der Waals surface area contributed by atoms with E-state index in [4.69, 9.17) is 21.6 Å². The molecule has 0 amide bonds. The molecule has 0 radical (unpaired) electrons. The van der Waals surface area contributed by atoms with Crippen molar-refractivity contribution in [3.05, 3.63) is 29.3 Å². The Morgan fingerprint density at radius 1 is 1.54 bits per heavy atom. The van der Waals surface area contributed by atoms with Gasteiger partial charge in [0.25, 0.3) is 0 Å². The average molecular weight is 179 g/mol. The Bertz CT molecular complexity index is 323. The van der Waals surface area contributed by atoms with Crippen molar-refractivity contribution >= 4 is 5.84 Å². The first-order chi connectivity index (χ1) is 6.19. The fourth-order valence-electron chi connectivity index (χ4n) is 1.08. The number of nitrogens with one attached hydrogen (secondary N) is 1. The third kappa shape index (κ3) is 1.97. The van der Waals surface area contributed by atoms with Crippen LogP contribution < -0.4 is 16.2 Å². The summed E-state index contributed by atoms with van der Waals surface area (Å²) in [5, 5.41) is 7.23. The zero-order chi connectivity index (χ0) is 9.84. The smallest absolute Gasteiger partial charge is 0.124 e. The lowest BCUT2D eigenvalue weighted by molar-refractivity contribution is 0.409. The summed E-state index contributed by atoms with van der Waals surface area (Å²) in [6.45, 7) is 0.418. The molecule has 1 rings (SSSR count). The minimum Gasteiger partial charge on any atom is -0.496 e. The molecule has 0 unspecified atom stereocenters. The molecular formula is C9H13N3O. The van der Waals surface area contributed by atoms with E-state index in [1.54, 1.807) is 19.2 Å². The highest BCUT2D eigenvalue weighted by Crippen LogP contribution is 2.19. The van der Waals surface area contributed by atoms with Gasteiger partial charge in [0.1, 0.15) is 11.6 Å². The first-order valence-corrected chi connectivity index (χ1v) is 3.90. The molecule has 0 aliphatic heterocycles. The van der Waals surface area contributed by atoms with Gasteiger partial charge in [-0.05, 0) is 6.07 Å². The monoisotopic (exact) mass is 179 g/mol. The summed E-state index contributed by atoms with van der Waals surface area (Å²) in [4.78, 5) is 0. The molecule has 4 nitrogen and oxygen atoms in total. The summed E-state index contributed by atoms with van der Waals surface area (Å²) in [5.74, 6) is 0.706. The van der Waals surface area contributed by atoms with Gasteiger partial charge in [0.05, 0.1) is 7.11 Å². The summed E-state index contributed by atoms with van der Waals surface area (Å²) >= 11 is 0. The molecule has 0 aliphatic carbocycles. The lowest BCUT2D eigenvalue weighted by Gasteiger charge is -2.07. The van der Waals surface area contributed by atoms with Crippen molar-refractivity contribution in [1.82, 2.24) is 0 Å². The van der Waals surface area contributed by atoms with Gasteiger partial charge in [-0.25, -0.2) is 0 Å². The number of benzene rings is 1. The Kier molecular flexibility index (Phi) is 2.87. The number of nitrogens with two attached hydrogens (primary N) is 2. The standard InChI is InChI=1S/C9H13N3O/c1-13-8-4-6(9(11)12)2-3-7(8)5-10/h2-4H,5,10H2,1H3,(H3,11,12). The largest absolute Gasteiger partial charge is 0.496 e. The number of nitrogen functional groups attached to an aromatic ring is 1. The van der Waals surface area contributed by atoms with Crippen LogP contribution in [0.5, 0.6) is 5.75 Å². The number of hydrogen-bond donors (Lipinski definition) is 3. The van der Waals surface area contributed by atoms with Crippen LogP contribution in [0.2, 0.25) is 0 Å². The zero-order valence-electron chi connectivity index (χ0n) is 7.50. The van der Waals surface area contributed by atoms with Crippen molar-refractivity contribution in [3.8, 4) is 5.75 Å². The number of methoxy groups -OCH3 is 1. The Morgan fingerprint density at radius 3 is 2.69 bits per heavy atom. The number of rotatable bonds is 3. The Labute approximate surface area is 77.0 Å². The third-order valence-corrected chi connectivity index (χ3v) is 1.82. The van der Waals surface area contributed by atoms with E-state index in [-0.39, 0.29) is 5.84 Å². The predicted molar refractivity (Wildman–Crippen MR) is 51.9 cm³/mol. The maximum Gasteiger partial charge on any atom is 0.124 e. The Morgan fingerprint density at radius 2 is 2.23 bits per heavy atom. The van der Waals surface area contributed by atoms with E-state index in [1.807, 2.05) is 6.07 Å². The summed E-state index contributed by atoms with van der Waals surface area (Å²) in [5.41, 5.74) is 12.4. The van der Waals surface area contributed by atoms with Crippen LogP contribution in [0.15, 0.2) is 18.2 Å². The Balaban J connectivity index is 3.13. The Hall–Kier alpha value is -1.55. The molecule has 0 saturated carbocycles. The molecule has 0 heterocycles. The van der Waals surface area contributed by atoms with Gasteiger partial charge in [-0.15, -0.1) is 0 Å². The third-order valence-electron chi connectivity index (χ3n) is 1.82. The SMILES string of the molecule is COc1cc(C(=N)N)ccc1CN. The predicted octanol–water partition coefficient (Wildman–Crippen LogP) is 0.438. The van der Waals surface area contributed by atoms with Crippen molar-refractivity contribution in [2.45, 2.75) is 6.54 Å². The second-order valence-electron chi connectivity index (χ2n) is 2.64. The maximum atomic E-state index is 7.23. The molecule has 1 aromatic rings. The van der Waals surface area contributed by atoms with Crippen molar-refractivity contribution in [3.63, 3.8) is 0 Å². The van der Waals surface area contributed by atoms with Crippen LogP contribution >= 0.6 is 0 Å². The van der Waals surface area contributed by atoms with Crippen LogP contribution in [-0.2, 0) is 6.54 Å². The molecule has 0 fully saturated rings. The average Bonchev–Trinajstić information content (AvgIpc) is 2.16. The molecule has 0 spiro atoms. The molecule has 0 atom stereocenters. The van der Waals surface area contributed by atoms with Crippen molar-refractivity contribution < 1.29 is 4.74 Å². The second-order valence-corrected chi connectivity index (χ2v) is 2.64. The van der Waals surface area contributed by atoms with Crippen molar-refractivity contribution in [2.75, 3.05) is 7.11 Å². The fraction of sp³-hybridized carbons (Fsp3) is 0.222. The van der Waals surface area contributed by atoms with Gasteiger partial charge in [-0.2, -0.15) is 0 Å². The second kappa shape index (κ2) is 3.91. The van der Waals surface area contributed by atoms with Gasteiger partial charge in [0.15, 0.2) is 0 Å². The summed E-state index contributed by atoms with van der Waals surface area (Å²) in [6, 6.07) is 5.28. The van der Waals surface area contributed by atoms with E-state index < -0.39 is 0 Å². The number of amidine groups is 1. The lowest BCUT2D eigenvalue weighted by Crippen LogP contribution is -2.11. The molecule has 70 valence electrons. The highest BCUT2D eigenvalue weighted by Gasteiger charge is 2.03. The summed E-state index contributed by atoms with van der Waals surface area (Å²) in [7, 11) is 1.57. The maximum absolute atomic E-state index is 7.23. The van der Waals surface area contributed by atoms with Crippen LogP contribution in [0.4, 0.5) is 0 Å². The van der Waals surface area contributed by atoms with Gasteiger partial charge < -0.3 is 16.2 Å². The zero-order valence-corrected chi connectivity index (χ0v) is 7.50. The highest BCUT2D eigenvalue weighted by molar-refractivity contribution is 5.95. The van der Waals surface area contributed by atoms with Crippen molar-refractivity contribution in [2.24, 2.45) is 11.5 Å². The fourth-order valence-corrected chi connectivity index (χ4v) is 1.08. The molecule has 0 aromatic heterocycles. The quantitative estimate of drug-likeness (QED) is 0.465. The van der Waals surface area contributed by atoms with E-state index in [2.05, 4.69) is 0 Å². The molecular weight excluding hydrogens is 166 g/mol. The minimum atomic E-state index is 0.0295. The van der Waals surface area contributed by atoms with E-state index in [0.717, 1.165) is 5.56 Å². The van der Waals surface area contributed by atoms with Crippen LogP contribution in [0, 0.1) is 5.41 Å². The highest BCUT2D eigenvalue weighted by atomic mass is 16.5. The summed E-state index contributed by atoms with van der Waals surface area (Å²) in [6.07, 6.45) is 0. The summed E-state index contributed by atoms with van der Waals surface area (Å²) < 4.78 is 5.09. The molecule has 1 aromatic carbocycles. The molecule has 0 saturated heterocycles. The van der Waals surface area contributed by atoms with Gasteiger partial charge in [0, 0.05) is 17.7 Å². The van der Waals surface area contributed by atoms with E-state index >= 15 is 0 Å².